The molecule has 0 fully saturated rings. The number of aliphatic hydroxyl groups is 1. The molecule has 3 aromatic heterocycles. The third kappa shape index (κ3) is 2.78. The van der Waals surface area contributed by atoms with Crippen molar-refractivity contribution in [1.82, 2.24) is 5.32 Å². The highest BCUT2D eigenvalue weighted by molar-refractivity contribution is 7.10. The first kappa shape index (κ1) is 14.1. The Bertz CT molecular complexity index is 653. The van der Waals surface area contributed by atoms with Crippen molar-refractivity contribution in [3.8, 4) is 0 Å². The van der Waals surface area contributed by atoms with E-state index in [9.17, 15) is 9.90 Å². The fourth-order valence-corrected chi connectivity index (χ4v) is 3.49. The van der Waals surface area contributed by atoms with Crippen molar-refractivity contribution in [3.05, 3.63) is 68.9 Å². The number of carbonyl (C=O) groups is 1. The van der Waals surface area contributed by atoms with Gasteiger partial charge in [0.15, 0.2) is 5.60 Å². The Morgan fingerprint density at radius 3 is 2.81 bits per heavy atom. The van der Waals surface area contributed by atoms with Crippen LogP contribution in [0.2, 0.25) is 0 Å². The van der Waals surface area contributed by atoms with E-state index in [-0.39, 0.29) is 12.5 Å². The quantitative estimate of drug-likeness (QED) is 0.760. The van der Waals surface area contributed by atoms with Gasteiger partial charge in [0.2, 0.25) is 0 Å². The molecule has 3 aromatic rings. The van der Waals surface area contributed by atoms with E-state index in [1.54, 1.807) is 23.6 Å². The highest BCUT2D eigenvalue weighted by Crippen LogP contribution is 2.32. The van der Waals surface area contributed by atoms with Crippen LogP contribution in [0.15, 0.2) is 57.2 Å². The molecule has 0 saturated carbocycles. The topological polar surface area (TPSA) is 62.5 Å². The van der Waals surface area contributed by atoms with Crippen molar-refractivity contribution in [1.29, 1.82) is 0 Å². The molecule has 0 spiro atoms. The van der Waals surface area contributed by atoms with Crippen LogP contribution in [-0.4, -0.2) is 17.6 Å². The third-order valence-electron chi connectivity index (χ3n) is 3.15. The second kappa shape index (κ2) is 5.85. The molecular weight excluding hydrogens is 306 g/mol. The van der Waals surface area contributed by atoms with Crippen LogP contribution in [0, 0.1) is 0 Å². The molecule has 0 saturated heterocycles. The van der Waals surface area contributed by atoms with Crippen molar-refractivity contribution < 1.29 is 14.3 Å². The van der Waals surface area contributed by atoms with E-state index in [1.807, 2.05) is 22.9 Å². The first-order valence-electron chi connectivity index (χ1n) is 6.31. The lowest BCUT2D eigenvalue weighted by molar-refractivity contribution is 0.0554. The summed E-state index contributed by atoms with van der Waals surface area (Å²) in [6, 6.07) is 8.85. The van der Waals surface area contributed by atoms with Gasteiger partial charge in [-0.05, 0) is 35.0 Å². The summed E-state index contributed by atoms with van der Waals surface area (Å²) < 4.78 is 5.35. The largest absolute Gasteiger partial charge is 0.466 e. The molecule has 4 nitrogen and oxygen atoms in total. The summed E-state index contributed by atoms with van der Waals surface area (Å²) in [5, 5.41) is 19.2. The fraction of sp³-hybridized carbons (Fsp3) is 0.133. The molecule has 0 aliphatic carbocycles. The van der Waals surface area contributed by atoms with Crippen LogP contribution < -0.4 is 5.32 Å². The number of furan rings is 1. The van der Waals surface area contributed by atoms with Gasteiger partial charge in [0.05, 0.1) is 12.8 Å². The van der Waals surface area contributed by atoms with Crippen LogP contribution in [-0.2, 0) is 5.60 Å². The van der Waals surface area contributed by atoms with E-state index < -0.39 is 5.60 Å². The molecule has 0 unspecified atom stereocenters. The minimum Gasteiger partial charge on any atom is -0.466 e. The zero-order chi connectivity index (χ0) is 14.7. The van der Waals surface area contributed by atoms with Gasteiger partial charge in [-0.25, -0.2) is 0 Å². The molecule has 0 radical (unpaired) electrons. The molecule has 1 amide bonds. The Morgan fingerprint density at radius 1 is 1.29 bits per heavy atom. The van der Waals surface area contributed by atoms with Gasteiger partial charge in [0.1, 0.15) is 5.76 Å². The molecule has 21 heavy (non-hydrogen) atoms. The molecule has 6 heteroatoms. The number of carbonyl (C=O) groups excluding carboxylic acids is 1. The molecule has 0 aromatic carbocycles. The molecule has 0 aliphatic heterocycles. The number of rotatable bonds is 5. The van der Waals surface area contributed by atoms with Gasteiger partial charge in [-0.3, -0.25) is 4.79 Å². The van der Waals surface area contributed by atoms with Crippen LogP contribution in [0.3, 0.4) is 0 Å². The number of hydrogen-bond donors (Lipinski definition) is 2. The normalized spacial score (nSPS) is 13.8. The second-order valence-corrected chi connectivity index (χ2v) is 6.24. The number of hydrogen-bond acceptors (Lipinski definition) is 5. The molecule has 2 N–H and O–H groups in total. The lowest BCUT2D eigenvalue weighted by atomic mass is 9.98. The van der Waals surface area contributed by atoms with E-state index in [0.717, 1.165) is 4.88 Å². The van der Waals surface area contributed by atoms with Crippen LogP contribution >= 0.6 is 22.7 Å². The maximum atomic E-state index is 12.0. The molecule has 1 atom stereocenters. The zero-order valence-corrected chi connectivity index (χ0v) is 12.6. The van der Waals surface area contributed by atoms with Crippen LogP contribution in [0.25, 0.3) is 0 Å². The van der Waals surface area contributed by atoms with Crippen LogP contribution in [0.1, 0.15) is 21.0 Å². The predicted octanol–water partition coefficient (Wildman–Crippen LogP) is 3.07. The van der Waals surface area contributed by atoms with Gasteiger partial charge in [-0.1, -0.05) is 6.07 Å². The second-order valence-electron chi connectivity index (χ2n) is 4.51. The Hall–Kier alpha value is -1.89. The highest BCUT2D eigenvalue weighted by Gasteiger charge is 2.36. The summed E-state index contributed by atoms with van der Waals surface area (Å²) in [5.74, 6) is 0.202. The summed E-state index contributed by atoms with van der Waals surface area (Å²) in [6.45, 7) is 0.0513. The number of nitrogens with one attached hydrogen (secondary N) is 1. The van der Waals surface area contributed by atoms with Gasteiger partial charge < -0.3 is 14.8 Å². The van der Waals surface area contributed by atoms with Crippen LogP contribution in [0.5, 0.6) is 0 Å². The van der Waals surface area contributed by atoms with Gasteiger partial charge in [-0.15, -0.1) is 11.3 Å². The van der Waals surface area contributed by atoms with Crippen molar-refractivity contribution in [2.24, 2.45) is 0 Å². The van der Waals surface area contributed by atoms with E-state index in [0.29, 0.717) is 11.3 Å². The first-order valence-corrected chi connectivity index (χ1v) is 8.13. The summed E-state index contributed by atoms with van der Waals surface area (Å²) in [4.78, 5) is 12.8. The van der Waals surface area contributed by atoms with Crippen LogP contribution in [0.4, 0.5) is 0 Å². The van der Waals surface area contributed by atoms with E-state index in [1.165, 1.54) is 28.9 Å². The summed E-state index contributed by atoms with van der Waals surface area (Å²) >= 11 is 2.88. The zero-order valence-electron chi connectivity index (χ0n) is 11.0. The number of thiophene rings is 2. The Balaban J connectivity index is 1.83. The standard InChI is InChI=1S/C15H13NO3S2/c17-14(11-5-8-20-9-11)16-10-15(18,12-3-1-6-19-12)13-4-2-7-21-13/h1-9,18H,10H2,(H,16,17)/t15-/m0/s1. The van der Waals surface area contributed by atoms with Crippen molar-refractivity contribution in [3.63, 3.8) is 0 Å². The monoisotopic (exact) mass is 319 g/mol. The summed E-state index contributed by atoms with van der Waals surface area (Å²) in [6.07, 6.45) is 1.51. The van der Waals surface area contributed by atoms with Gasteiger partial charge in [-0.2, -0.15) is 11.3 Å². The highest BCUT2D eigenvalue weighted by atomic mass is 32.1. The Kier molecular flexibility index (Phi) is 3.92. The van der Waals surface area contributed by atoms with E-state index in [4.69, 9.17) is 4.42 Å². The SMILES string of the molecule is O=C(NC[C@](O)(c1ccco1)c1cccs1)c1ccsc1. The summed E-state index contributed by atoms with van der Waals surface area (Å²) in [7, 11) is 0. The number of amides is 1. The maximum absolute atomic E-state index is 12.0. The molecular formula is C15H13NO3S2. The third-order valence-corrected chi connectivity index (χ3v) is 4.85. The van der Waals surface area contributed by atoms with E-state index >= 15 is 0 Å². The minimum atomic E-state index is -1.36. The molecule has 3 rings (SSSR count). The first-order chi connectivity index (χ1) is 10.2. The van der Waals surface area contributed by atoms with Gasteiger partial charge in [0, 0.05) is 15.8 Å². The van der Waals surface area contributed by atoms with Crippen molar-refractivity contribution in [2.45, 2.75) is 5.60 Å². The molecule has 0 bridgehead atoms. The van der Waals surface area contributed by atoms with Crippen molar-refractivity contribution >= 4 is 28.6 Å². The average molecular weight is 319 g/mol. The lowest BCUT2D eigenvalue weighted by Gasteiger charge is -2.25. The lowest BCUT2D eigenvalue weighted by Crippen LogP contribution is -2.40. The molecule has 0 aliphatic rings. The Morgan fingerprint density at radius 2 is 2.19 bits per heavy atom. The molecule has 108 valence electrons. The Labute approximate surface area is 129 Å². The minimum absolute atomic E-state index is 0.0513. The fourth-order valence-electron chi connectivity index (χ4n) is 2.03. The van der Waals surface area contributed by atoms with Gasteiger partial charge in [0.25, 0.3) is 5.91 Å². The van der Waals surface area contributed by atoms with E-state index in [2.05, 4.69) is 5.32 Å². The molecule has 3 heterocycles. The predicted molar refractivity (Wildman–Crippen MR) is 82.7 cm³/mol. The van der Waals surface area contributed by atoms with Crippen molar-refractivity contribution in [2.75, 3.05) is 6.54 Å². The average Bonchev–Trinajstić information content (AvgIpc) is 3.27. The van der Waals surface area contributed by atoms with Gasteiger partial charge >= 0.3 is 0 Å². The maximum Gasteiger partial charge on any atom is 0.252 e. The summed E-state index contributed by atoms with van der Waals surface area (Å²) in [5.41, 5.74) is -0.767. The smallest absolute Gasteiger partial charge is 0.252 e.